The molecule has 86 valence electrons. The molecule has 0 aromatic heterocycles. The molecule has 0 aromatic rings. The lowest BCUT2D eigenvalue weighted by Gasteiger charge is -2.29. The first kappa shape index (κ1) is 14.7. The zero-order valence-electron chi connectivity index (χ0n) is 10.2. The standard InChI is InChI=1S/C11H25NS2/c1-11(2,3)10(8-13)9-14-7-6-12(4)5/h10,13H,6-9H2,1-5H3. The molecule has 1 nitrogen and oxygen atoms in total. The highest BCUT2D eigenvalue weighted by Crippen LogP contribution is 2.29. The minimum absolute atomic E-state index is 0.396. The minimum atomic E-state index is 0.396. The van der Waals surface area contributed by atoms with E-state index in [1.807, 2.05) is 0 Å². The first-order chi connectivity index (χ1) is 6.38. The summed E-state index contributed by atoms with van der Waals surface area (Å²) >= 11 is 6.48. The third kappa shape index (κ3) is 7.02. The number of hydrogen-bond acceptors (Lipinski definition) is 3. The van der Waals surface area contributed by atoms with E-state index in [2.05, 4.69) is 64.2 Å². The second-order valence-electron chi connectivity index (χ2n) is 5.12. The fraction of sp³-hybridized carbons (Fsp3) is 1.00. The molecule has 0 aliphatic carbocycles. The Morgan fingerprint density at radius 1 is 1.29 bits per heavy atom. The Morgan fingerprint density at radius 2 is 1.86 bits per heavy atom. The van der Waals surface area contributed by atoms with Gasteiger partial charge in [0.2, 0.25) is 0 Å². The predicted octanol–water partition coefficient (Wildman–Crippen LogP) is 2.87. The van der Waals surface area contributed by atoms with E-state index in [4.69, 9.17) is 0 Å². The monoisotopic (exact) mass is 235 g/mol. The second-order valence-corrected chi connectivity index (χ2v) is 6.64. The molecule has 0 aliphatic rings. The molecule has 0 N–H and O–H groups in total. The van der Waals surface area contributed by atoms with Crippen molar-refractivity contribution in [3.05, 3.63) is 0 Å². The third-order valence-electron chi connectivity index (χ3n) is 2.45. The lowest BCUT2D eigenvalue weighted by molar-refractivity contribution is 0.294. The molecule has 0 spiro atoms. The van der Waals surface area contributed by atoms with E-state index in [0.29, 0.717) is 5.41 Å². The smallest absolute Gasteiger partial charge is 0.00662 e. The van der Waals surface area contributed by atoms with E-state index in [9.17, 15) is 0 Å². The molecule has 3 heteroatoms. The van der Waals surface area contributed by atoms with E-state index in [1.165, 1.54) is 18.1 Å². The summed E-state index contributed by atoms with van der Waals surface area (Å²) in [6.07, 6.45) is 0. The maximum absolute atomic E-state index is 4.43. The van der Waals surface area contributed by atoms with Gasteiger partial charge in [0.1, 0.15) is 0 Å². The Kier molecular flexibility index (Phi) is 7.35. The van der Waals surface area contributed by atoms with Crippen LogP contribution in [0.2, 0.25) is 0 Å². The summed E-state index contributed by atoms with van der Waals surface area (Å²) in [6.45, 7) is 8.09. The van der Waals surface area contributed by atoms with Gasteiger partial charge in [-0.05, 0) is 36.9 Å². The fourth-order valence-corrected chi connectivity index (χ4v) is 3.46. The van der Waals surface area contributed by atoms with Gasteiger partial charge in [-0.25, -0.2) is 0 Å². The molecule has 14 heavy (non-hydrogen) atoms. The summed E-state index contributed by atoms with van der Waals surface area (Å²) in [5.74, 6) is 4.19. The van der Waals surface area contributed by atoms with Crippen LogP contribution in [0.4, 0.5) is 0 Å². The Morgan fingerprint density at radius 3 is 2.21 bits per heavy atom. The van der Waals surface area contributed by atoms with Crippen LogP contribution in [0.25, 0.3) is 0 Å². The van der Waals surface area contributed by atoms with E-state index in [-0.39, 0.29) is 0 Å². The summed E-state index contributed by atoms with van der Waals surface area (Å²) in [4.78, 5) is 2.24. The molecule has 0 radical (unpaired) electrons. The number of rotatable bonds is 6. The summed E-state index contributed by atoms with van der Waals surface area (Å²) in [7, 11) is 4.25. The van der Waals surface area contributed by atoms with Crippen LogP contribution >= 0.6 is 24.4 Å². The van der Waals surface area contributed by atoms with Crippen molar-refractivity contribution in [1.82, 2.24) is 4.90 Å². The van der Waals surface area contributed by atoms with Gasteiger partial charge in [0.05, 0.1) is 0 Å². The van der Waals surface area contributed by atoms with E-state index >= 15 is 0 Å². The fourth-order valence-electron chi connectivity index (χ4n) is 1.05. The molecule has 0 aromatic carbocycles. The highest BCUT2D eigenvalue weighted by atomic mass is 32.2. The molecule has 0 saturated carbocycles. The average molecular weight is 235 g/mol. The van der Waals surface area contributed by atoms with Crippen molar-refractivity contribution in [2.24, 2.45) is 11.3 Å². The molecule has 1 atom stereocenters. The van der Waals surface area contributed by atoms with Crippen LogP contribution in [0.1, 0.15) is 20.8 Å². The first-order valence-corrected chi connectivity index (χ1v) is 7.00. The number of hydrogen-bond donors (Lipinski definition) is 1. The molecule has 0 aliphatic heterocycles. The predicted molar refractivity (Wildman–Crippen MR) is 72.7 cm³/mol. The summed E-state index contributed by atoms with van der Waals surface area (Å²) in [5, 5.41) is 0. The Labute approximate surface area is 99.4 Å². The average Bonchev–Trinajstić information content (AvgIpc) is 2.01. The topological polar surface area (TPSA) is 3.24 Å². The van der Waals surface area contributed by atoms with Crippen LogP contribution in [0.3, 0.4) is 0 Å². The lowest BCUT2D eigenvalue weighted by atomic mass is 9.83. The third-order valence-corrected chi connectivity index (χ3v) is 4.00. The molecule has 0 saturated heterocycles. The molecule has 0 heterocycles. The van der Waals surface area contributed by atoms with Crippen LogP contribution < -0.4 is 0 Å². The second kappa shape index (κ2) is 7.02. The zero-order chi connectivity index (χ0) is 11.2. The largest absolute Gasteiger partial charge is 0.309 e. The van der Waals surface area contributed by atoms with Crippen molar-refractivity contribution in [2.75, 3.05) is 37.9 Å². The van der Waals surface area contributed by atoms with Gasteiger partial charge in [0.25, 0.3) is 0 Å². The maximum atomic E-state index is 4.43. The number of thiol groups is 1. The molecular formula is C11H25NS2. The zero-order valence-corrected chi connectivity index (χ0v) is 11.9. The van der Waals surface area contributed by atoms with Crippen molar-refractivity contribution in [1.29, 1.82) is 0 Å². The van der Waals surface area contributed by atoms with Crippen LogP contribution in [0, 0.1) is 11.3 Å². The Hall–Kier alpha value is 0.660. The van der Waals surface area contributed by atoms with Gasteiger partial charge in [-0.1, -0.05) is 20.8 Å². The molecule has 0 bridgehead atoms. The van der Waals surface area contributed by atoms with E-state index in [1.54, 1.807) is 0 Å². The van der Waals surface area contributed by atoms with Gasteiger partial charge < -0.3 is 4.90 Å². The van der Waals surface area contributed by atoms with Crippen LogP contribution in [-0.4, -0.2) is 42.8 Å². The van der Waals surface area contributed by atoms with Gasteiger partial charge in [-0.2, -0.15) is 24.4 Å². The first-order valence-electron chi connectivity index (χ1n) is 5.21. The van der Waals surface area contributed by atoms with Gasteiger partial charge in [0.15, 0.2) is 0 Å². The van der Waals surface area contributed by atoms with E-state index in [0.717, 1.165) is 11.7 Å². The SMILES string of the molecule is CN(C)CCSCC(CS)C(C)(C)C. The highest BCUT2D eigenvalue weighted by molar-refractivity contribution is 7.99. The maximum Gasteiger partial charge on any atom is 0.00662 e. The normalized spacial score (nSPS) is 14.8. The molecular weight excluding hydrogens is 210 g/mol. The van der Waals surface area contributed by atoms with Crippen molar-refractivity contribution >= 4 is 24.4 Å². The lowest BCUT2D eigenvalue weighted by Crippen LogP contribution is -2.25. The number of nitrogens with zero attached hydrogens (tertiary/aromatic N) is 1. The van der Waals surface area contributed by atoms with Gasteiger partial charge >= 0.3 is 0 Å². The Balaban J connectivity index is 3.64. The molecule has 0 fully saturated rings. The van der Waals surface area contributed by atoms with E-state index < -0.39 is 0 Å². The summed E-state index contributed by atoms with van der Waals surface area (Å²) < 4.78 is 0. The summed E-state index contributed by atoms with van der Waals surface area (Å²) in [5.41, 5.74) is 0.396. The van der Waals surface area contributed by atoms with Crippen LogP contribution in [0.5, 0.6) is 0 Å². The summed E-state index contributed by atoms with van der Waals surface area (Å²) in [6, 6.07) is 0. The van der Waals surface area contributed by atoms with Crippen LogP contribution in [0.15, 0.2) is 0 Å². The highest BCUT2D eigenvalue weighted by Gasteiger charge is 2.22. The van der Waals surface area contributed by atoms with Gasteiger partial charge in [0, 0.05) is 12.3 Å². The van der Waals surface area contributed by atoms with Crippen molar-refractivity contribution in [3.63, 3.8) is 0 Å². The molecule has 0 amide bonds. The molecule has 1 unspecified atom stereocenters. The van der Waals surface area contributed by atoms with Crippen molar-refractivity contribution < 1.29 is 0 Å². The van der Waals surface area contributed by atoms with Crippen molar-refractivity contribution in [3.8, 4) is 0 Å². The van der Waals surface area contributed by atoms with Gasteiger partial charge in [-0.15, -0.1) is 0 Å². The van der Waals surface area contributed by atoms with Crippen LogP contribution in [-0.2, 0) is 0 Å². The minimum Gasteiger partial charge on any atom is -0.309 e. The van der Waals surface area contributed by atoms with Crippen molar-refractivity contribution in [2.45, 2.75) is 20.8 Å². The van der Waals surface area contributed by atoms with Gasteiger partial charge in [-0.3, -0.25) is 0 Å². The molecule has 0 rings (SSSR count). The Bertz CT molecular complexity index is 141. The quantitative estimate of drug-likeness (QED) is 0.557. The number of thioether (sulfide) groups is 1.